The molecule has 0 atom stereocenters. The minimum Gasteiger partial charge on any atom is -0.399 e. The summed E-state index contributed by atoms with van der Waals surface area (Å²) in [6.45, 7) is 5.20. The Morgan fingerprint density at radius 2 is 1.89 bits per heavy atom. The van der Waals surface area contributed by atoms with Crippen LogP contribution in [0.4, 0.5) is 10.1 Å². The Kier molecular flexibility index (Phi) is 4.19. The summed E-state index contributed by atoms with van der Waals surface area (Å²) in [5.41, 5.74) is 4.84. The van der Waals surface area contributed by atoms with Gasteiger partial charge in [0.2, 0.25) is 5.91 Å². The zero-order chi connectivity index (χ0) is 14.8. The maximum absolute atomic E-state index is 13.1. The number of amides is 1. The van der Waals surface area contributed by atoms with Gasteiger partial charge in [-0.1, -0.05) is 0 Å². The van der Waals surface area contributed by atoms with Gasteiger partial charge in [0.1, 0.15) is 11.6 Å². The van der Waals surface area contributed by atoms with E-state index in [9.17, 15) is 17.6 Å². The van der Waals surface area contributed by atoms with Crippen molar-refractivity contribution in [2.45, 2.75) is 31.2 Å². The van der Waals surface area contributed by atoms with Gasteiger partial charge >= 0.3 is 0 Å². The lowest BCUT2D eigenvalue weighted by Gasteiger charge is -2.20. The Bertz CT molecular complexity index is 571. The fraction of sp³-hybridized carbons (Fsp3) is 0.417. The summed E-state index contributed by atoms with van der Waals surface area (Å²) in [5.74, 6) is -2.14. The molecule has 1 aromatic carbocycles. The molecule has 0 aromatic heterocycles. The molecule has 0 spiro atoms. The van der Waals surface area contributed by atoms with E-state index < -0.39 is 32.9 Å². The zero-order valence-corrected chi connectivity index (χ0v) is 11.8. The normalized spacial score (nSPS) is 12.2. The molecule has 0 unspecified atom stereocenters. The molecule has 1 aromatic rings. The fourth-order valence-electron chi connectivity index (χ4n) is 1.47. The Labute approximate surface area is 111 Å². The van der Waals surface area contributed by atoms with Gasteiger partial charge in [0.05, 0.1) is 4.90 Å². The number of nitrogens with two attached hydrogens (primary N) is 1. The van der Waals surface area contributed by atoms with E-state index in [4.69, 9.17) is 5.73 Å². The number of benzene rings is 1. The number of anilines is 1. The second-order valence-electron chi connectivity index (χ2n) is 5.28. The molecular weight excluding hydrogens is 271 g/mol. The number of carbonyl (C=O) groups excluding carboxylic acids is 1. The molecule has 0 aliphatic rings. The highest BCUT2D eigenvalue weighted by atomic mass is 32.2. The lowest BCUT2D eigenvalue weighted by molar-refractivity contribution is -0.120. The highest BCUT2D eigenvalue weighted by Crippen LogP contribution is 2.17. The number of carbonyl (C=O) groups is 1. The van der Waals surface area contributed by atoms with E-state index >= 15 is 0 Å². The second-order valence-corrected chi connectivity index (χ2v) is 7.27. The summed E-state index contributed by atoms with van der Waals surface area (Å²) in [7, 11) is -3.91. The number of sulfone groups is 1. The molecule has 0 aliphatic heterocycles. The first-order chi connectivity index (χ1) is 8.49. The maximum Gasteiger partial charge on any atom is 0.235 e. The first-order valence-corrected chi connectivity index (χ1v) is 7.25. The molecule has 0 saturated carbocycles. The third kappa shape index (κ3) is 4.86. The topological polar surface area (TPSA) is 89.3 Å². The highest BCUT2D eigenvalue weighted by Gasteiger charge is 2.23. The third-order valence-corrected chi connectivity index (χ3v) is 3.68. The maximum atomic E-state index is 13.1. The lowest BCUT2D eigenvalue weighted by Crippen LogP contribution is -2.43. The van der Waals surface area contributed by atoms with Crippen LogP contribution in [0.15, 0.2) is 23.1 Å². The van der Waals surface area contributed by atoms with Crippen LogP contribution >= 0.6 is 0 Å². The van der Waals surface area contributed by atoms with Crippen LogP contribution in [-0.4, -0.2) is 25.6 Å². The van der Waals surface area contributed by atoms with Crippen molar-refractivity contribution in [1.29, 1.82) is 0 Å². The van der Waals surface area contributed by atoms with Crippen molar-refractivity contribution >= 4 is 21.4 Å². The number of halogens is 1. The largest absolute Gasteiger partial charge is 0.399 e. The number of hydrogen-bond donors (Lipinski definition) is 2. The summed E-state index contributed by atoms with van der Waals surface area (Å²) in [5, 5.41) is 2.53. The van der Waals surface area contributed by atoms with Gasteiger partial charge in [-0.15, -0.1) is 0 Å². The Morgan fingerprint density at radius 3 is 2.37 bits per heavy atom. The van der Waals surface area contributed by atoms with Crippen LogP contribution < -0.4 is 11.1 Å². The minimum absolute atomic E-state index is 0.00481. The van der Waals surface area contributed by atoms with E-state index in [1.807, 2.05) is 0 Å². The van der Waals surface area contributed by atoms with Gasteiger partial charge in [0.15, 0.2) is 9.84 Å². The van der Waals surface area contributed by atoms with E-state index in [0.29, 0.717) is 0 Å². The number of nitrogens with one attached hydrogen (secondary N) is 1. The Morgan fingerprint density at radius 1 is 1.32 bits per heavy atom. The second kappa shape index (κ2) is 5.16. The Hall–Kier alpha value is -1.63. The van der Waals surface area contributed by atoms with Crippen molar-refractivity contribution in [3.8, 4) is 0 Å². The summed E-state index contributed by atoms with van der Waals surface area (Å²) in [6, 6.07) is 2.98. The molecule has 0 bridgehead atoms. The predicted octanol–water partition coefficient (Wildman–Crippen LogP) is 1.10. The van der Waals surface area contributed by atoms with Crippen molar-refractivity contribution in [3.05, 3.63) is 24.0 Å². The predicted molar refractivity (Wildman–Crippen MR) is 70.8 cm³/mol. The van der Waals surface area contributed by atoms with E-state index in [1.54, 1.807) is 20.8 Å². The lowest BCUT2D eigenvalue weighted by atomic mass is 10.1. The van der Waals surface area contributed by atoms with Crippen molar-refractivity contribution in [3.63, 3.8) is 0 Å². The van der Waals surface area contributed by atoms with Crippen LogP contribution in [0.3, 0.4) is 0 Å². The molecular formula is C12H17FN2O3S. The molecule has 106 valence electrons. The summed E-state index contributed by atoms with van der Waals surface area (Å²) < 4.78 is 37.0. The molecule has 3 N–H and O–H groups in total. The van der Waals surface area contributed by atoms with Crippen LogP contribution in [0.5, 0.6) is 0 Å². The molecule has 0 heterocycles. The van der Waals surface area contributed by atoms with E-state index in [1.165, 1.54) is 0 Å². The molecule has 7 heteroatoms. The first-order valence-electron chi connectivity index (χ1n) is 5.59. The van der Waals surface area contributed by atoms with Crippen molar-refractivity contribution in [2.24, 2.45) is 0 Å². The molecule has 0 radical (unpaired) electrons. The smallest absolute Gasteiger partial charge is 0.235 e. The zero-order valence-electron chi connectivity index (χ0n) is 11.0. The van der Waals surface area contributed by atoms with Crippen LogP contribution in [0.1, 0.15) is 20.8 Å². The number of hydrogen-bond acceptors (Lipinski definition) is 4. The SMILES string of the molecule is CC(C)(C)NC(=O)CS(=O)(=O)c1cc(N)cc(F)c1. The molecule has 0 saturated heterocycles. The van der Waals surface area contributed by atoms with Crippen LogP contribution in [0, 0.1) is 5.82 Å². The van der Waals surface area contributed by atoms with E-state index in [-0.39, 0.29) is 10.6 Å². The number of nitrogen functional groups attached to an aromatic ring is 1. The van der Waals surface area contributed by atoms with Gasteiger partial charge in [0, 0.05) is 11.2 Å². The van der Waals surface area contributed by atoms with Gasteiger partial charge in [0.25, 0.3) is 0 Å². The molecule has 0 aliphatic carbocycles. The van der Waals surface area contributed by atoms with Crippen LogP contribution in [-0.2, 0) is 14.6 Å². The fourth-order valence-corrected chi connectivity index (χ4v) is 2.67. The van der Waals surface area contributed by atoms with Gasteiger partial charge in [-0.2, -0.15) is 0 Å². The van der Waals surface area contributed by atoms with Crippen molar-refractivity contribution < 1.29 is 17.6 Å². The van der Waals surface area contributed by atoms with Crippen LogP contribution in [0.2, 0.25) is 0 Å². The third-order valence-electron chi connectivity index (χ3n) is 2.09. The first kappa shape index (κ1) is 15.4. The summed E-state index contributed by atoms with van der Waals surface area (Å²) in [4.78, 5) is 11.3. The average molecular weight is 288 g/mol. The van der Waals surface area contributed by atoms with Crippen molar-refractivity contribution in [1.82, 2.24) is 5.32 Å². The molecule has 1 amide bonds. The monoisotopic (exact) mass is 288 g/mol. The Balaban J connectivity index is 2.96. The summed E-state index contributed by atoms with van der Waals surface area (Å²) in [6.07, 6.45) is 0. The van der Waals surface area contributed by atoms with Gasteiger partial charge in [-0.25, -0.2) is 12.8 Å². The molecule has 19 heavy (non-hydrogen) atoms. The number of rotatable bonds is 3. The van der Waals surface area contributed by atoms with E-state index in [0.717, 1.165) is 18.2 Å². The standard InChI is InChI=1S/C12H17FN2O3S/c1-12(2,3)15-11(16)7-19(17,18)10-5-8(13)4-9(14)6-10/h4-6H,7,14H2,1-3H3,(H,15,16). The highest BCUT2D eigenvalue weighted by molar-refractivity contribution is 7.92. The van der Waals surface area contributed by atoms with E-state index in [2.05, 4.69) is 5.32 Å². The van der Waals surface area contributed by atoms with Gasteiger partial charge in [-0.3, -0.25) is 4.79 Å². The van der Waals surface area contributed by atoms with Crippen molar-refractivity contribution in [2.75, 3.05) is 11.5 Å². The van der Waals surface area contributed by atoms with Crippen LogP contribution in [0.25, 0.3) is 0 Å². The van der Waals surface area contributed by atoms with Gasteiger partial charge in [-0.05, 0) is 39.0 Å². The minimum atomic E-state index is -3.91. The summed E-state index contributed by atoms with van der Waals surface area (Å²) >= 11 is 0. The average Bonchev–Trinajstić information content (AvgIpc) is 2.11. The van der Waals surface area contributed by atoms with Gasteiger partial charge < -0.3 is 11.1 Å². The quantitative estimate of drug-likeness (QED) is 0.815. The molecule has 0 fully saturated rings. The molecule has 5 nitrogen and oxygen atoms in total. The molecule has 1 rings (SSSR count).